The van der Waals surface area contributed by atoms with E-state index < -0.39 is 0 Å². The van der Waals surface area contributed by atoms with Crippen molar-refractivity contribution in [1.29, 1.82) is 0 Å². The molecule has 5 nitrogen and oxygen atoms in total. The van der Waals surface area contributed by atoms with Crippen LogP contribution in [0.1, 0.15) is 23.5 Å². The van der Waals surface area contributed by atoms with Gasteiger partial charge in [-0.1, -0.05) is 24.8 Å². The van der Waals surface area contributed by atoms with Crippen LogP contribution in [0, 0.1) is 6.92 Å². The molecule has 0 unspecified atom stereocenters. The van der Waals surface area contributed by atoms with Crippen LogP contribution in [0.25, 0.3) is 17.5 Å². The van der Waals surface area contributed by atoms with Crippen molar-refractivity contribution in [2.24, 2.45) is 9.98 Å². The number of aromatic nitrogens is 3. The molecule has 124 valence electrons. The Morgan fingerprint density at radius 3 is 2.80 bits per heavy atom. The summed E-state index contributed by atoms with van der Waals surface area (Å²) in [4.78, 5) is 12.6. The molecule has 25 heavy (non-hydrogen) atoms. The third kappa shape index (κ3) is 3.77. The first kappa shape index (κ1) is 16.5. The fourth-order valence-electron chi connectivity index (χ4n) is 2.52. The van der Waals surface area contributed by atoms with E-state index in [1.54, 1.807) is 18.5 Å². The molecule has 0 aliphatic heterocycles. The Kier molecular flexibility index (Phi) is 4.95. The molecule has 2 heterocycles. The Labute approximate surface area is 147 Å². The maximum absolute atomic E-state index is 4.60. The SMILES string of the molecule is C=Cc1cc(C2=CCC(=N/C=C\N=C)C=C2)n(-c2cccc(C)n2)n1. The average Bonchev–Trinajstić information content (AvgIpc) is 3.07. The molecule has 0 N–H and O–H groups in total. The van der Waals surface area contributed by atoms with Crippen LogP contribution in [0.15, 0.2) is 71.5 Å². The van der Waals surface area contributed by atoms with Crippen molar-refractivity contribution in [3.63, 3.8) is 0 Å². The fraction of sp³-hybridized carbons (Fsp3) is 0.100. The maximum Gasteiger partial charge on any atom is 0.154 e. The highest BCUT2D eigenvalue weighted by Gasteiger charge is 2.14. The number of hydrogen-bond acceptors (Lipinski definition) is 4. The van der Waals surface area contributed by atoms with Gasteiger partial charge in [-0.15, -0.1) is 0 Å². The molecule has 0 saturated heterocycles. The van der Waals surface area contributed by atoms with E-state index in [0.29, 0.717) is 0 Å². The zero-order chi connectivity index (χ0) is 17.6. The molecule has 0 fully saturated rings. The third-order valence-electron chi connectivity index (χ3n) is 3.72. The van der Waals surface area contributed by atoms with Gasteiger partial charge in [-0.05, 0) is 49.6 Å². The number of nitrogens with zero attached hydrogens (tertiary/aromatic N) is 5. The predicted molar refractivity (Wildman–Crippen MR) is 104 cm³/mol. The van der Waals surface area contributed by atoms with Gasteiger partial charge < -0.3 is 0 Å². The summed E-state index contributed by atoms with van der Waals surface area (Å²) in [5.41, 5.74) is 4.78. The molecule has 0 spiro atoms. The molecule has 0 radical (unpaired) electrons. The van der Waals surface area contributed by atoms with E-state index in [1.807, 2.05) is 48.0 Å². The van der Waals surface area contributed by atoms with E-state index in [0.717, 1.165) is 40.6 Å². The van der Waals surface area contributed by atoms with Gasteiger partial charge in [0.2, 0.25) is 0 Å². The van der Waals surface area contributed by atoms with Gasteiger partial charge in [0.15, 0.2) is 5.82 Å². The standard InChI is InChI=1S/C20H19N5/c1-4-17-14-19(25(24-17)20-7-5-6-15(2)23-20)16-8-10-18(11-9-16)22-13-12-21-3/h4-10,12-14H,1,3,11H2,2H3/b13-12-,22-18?. The minimum atomic E-state index is 0.739. The smallest absolute Gasteiger partial charge is 0.154 e. The lowest BCUT2D eigenvalue weighted by Gasteiger charge is -2.11. The predicted octanol–water partition coefficient (Wildman–Crippen LogP) is 4.17. The number of allylic oxidation sites excluding steroid dienone is 4. The Bertz CT molecular complexity index is 925. The zero-order valence-corrected chi connectivity index (χ0v) is 14.1. The van der Waals surface area contributed by atoms with E-state index in [-0.39, 0.29) is 0 Å². The molecule has 2 aromatic rings. The number of hydrogen-bond donors (Lipinski definition) is 0. The molecule has 0 atom stereocenters. The molecule has 0 amide bonds. The molecule has 0 bridgehead atoms. The summed E-state index contributed by atoms with van der Waals surface area (Å²) in [5, 5.41) is 4.60. The van der Waals surface area contributed by atoms with Crippen LogP contribution >= 0.6 is 0 Å². The first-order chi connectivity index (χ1) is 12.2. The fourth-order valence-corrected chi connectivity index (χ4v) is 2.52. The second-order valence-corrected chi connectivity index (χ2v) is 5.51. The van der Waals surface area contributed by atoms with Gasteiger partial charge in [-0.3, -0.25) is 9.98 Å². The second-order valence-electron chi connectivity index (χ2n) is 5.51. The lowest BCUT2D eigenvalue weighted by Crippen LogP contribution is -2.06. The molecule has 1 aliphatic carbocycles. The van der Waals surface area contributed by atoms with E-state index in [4.69, 9.17) is 0 Å². The molecular formula is C20H19N5. The first-order valence-corrected chi connectivity index (χ1v) is 7.94. The summed E-state index contributed by atoms with van der Waals surface area (Å²) < 4.78 is 1.85. The van der Waals surface area contributed by atoms with Gasteiger partial charge in [0.05, 0.1) is 11.4 Å². The molecular weight excluding hydrogens is 310 g/mol. The van der Waals surface area contributed by atoms with E-state index in [1.165, 1.54) is 0 Å². The Morgan fingerprint density at radius 1 is 1.24 bits per heavy atom. The van der Waals surface area contributed by atoms with Crippen molar-refractivity contribution in [1.82, 2.24) is 14.8 Å². The largest absolute Gasteiger partial charge is 0.271 e. The van der Waals surface area contributed by atoms with Crippen molar-refractivity contribution in [2.75, 3.05) is 0 Å². The van der Waals surface area contributed by atoms with Crippen LogP contribution in [0.2, 0.25) is 0 Å². The van der Waals surface area contributed by atoms with Crippen molar-refractivity contribution >= 4 is 24.1 Å². The van der Waals surface area contributed by atoms with Crippen molar-refractivity contribution in [3.05, 3.63) is 78.6 Å². The van der Waals surface area contributed by atoms with Crippen LogP contribution in [0.5, 0.6) is 0 Å². The van der Waals surface area contributed by atoms with Crippen LogP contribution in [0.3, 0.4) is 0 Å². The molecule has 1 aliphatic rings. The monoisotopic (exact) mass is 329 g/mol. The number of pyridine rings is 1. The van der Waals surface area contributed by atoms with Crippen LogP contribution in [0.4, 0.5) is 0 Å². The average molecular weight is 329 g/mol. The van der Waals surface area contributed by atoms with Gasteiger partial charge >= 0.3 is 0 Å². The maximum atomic E-state index is 4.60. The third-order valence-corrected chi connectivity index (χ3v) is 3.72. The molecule has 3 rings (SSSR count). The molecule has 5 heteroatoms. The summed E-state index contributed by atoms with van der Waals surface area (Å²) in [6.45, 7) is 9.18. The number of aliphatic imine (C=N–C) groups is 2. The zero-order valence-electron chi connectivity index (χ0n) is 14.1. The van der Waals surface area contributed by atoms with Crippen LogP contribution < -0.4 is 0 Å². The van der Waals surface area contributed by atoms with Gasteiger partial charge in [-0.2, -0.15) is 5.10 Å². The minimum Gasteiger partial charge on any atom is -0.271 e. The first-order valence-electron chi connectivity index (χ1n) is 7.94. The van der Waals surface area contributed by atoms with Crippen molar-refractivity contribution in [2.45, 2.75) is 13.3 Å². The van der Waals surface area contributed by atoms with E-state index in [9.17, 15) is 0 Å². The van der Waals surface area contributed by atoms with Crippen molar-refractivity contribution < 1.29 is 0 Å². The Hall–Kier alpha value is -3.34. The Morgan fingerprint density at radius 2 is 2.12 bits per heavy atom. The summed E-state index contributed by atoms with van der Waals surface area (Å²) >= 11 is 0. The summed E-state index contributed by atoms with van der Waals surface area (Å²) in [5.74, 6) is 0.789. The quantitative estimate of drug-likeness (QED) is 0.773. The van der Waals surface area contributed by atoms with Crippen LogP contribution in [-0.4, -0.2) is 27.2 Å². The highest BCUT2D eigenvalue weighted by atomic mass is 15.3. The normalized spacial score (nSPS) is 15.6. The van der Waals surface area contributed by atoms with Gasteiger partial charge in [0.1, 0.15) is 0 Å². The van der Waals surface area contributed by atoms with Crippen LogP contribution in [-0.2, 0) is 0 Å². The Balaban J connectivity index is 1.96. The molecule has 2 aromatic heterocycles. The summed E-state index contributed by atoms with van der Waals surface area (Å²) in [6.07, 6.45) is 11.8. The minimum absolute atomic E-state index is 0.739. The van der Waals surface area contributed by atoms with Gasteiger partial charge in [0, 0.05) is 30.2 Å². The number of rotatable bonds is 5. The summed E-state index contributed by atoms with van der Waals surface area (Å²) in [7, 11) is 0. The lowest BCUT2D eigenvalue weighted by atomic mass is 10.0. The van der Waals surface area contributed by atoms with Gasteiger partial charge in [0.25, 0.3) is 0 Å². The molecule has 0 aromatic carbocycles. The van der Waals surface area contributed by atoms with E-state index in [2.05, 4.69) is 39.4 Å². The second kappa shape index (κ2) is 7.49. The number of aryl methyl sites for hydroxylation is 1. The van der Waals surface area contributed by atoms with Gasteiger partial charge in [-0.25, -0.2) is 9.67 Å². The highest BCUT2D eigenvalue weighted by Crippen LogP contribution is 2.24. The van der Waals surface area contributed by atoms with Crippen molar-refractivity contribution in [3.8, 4) is 5.82 Å². The summed E-state index contributed by atoms with van der Waals surface area (Å²) in [6, 6.07) is 7.90. The topological polar surface area (TPSA) is 55.4 Å². The molecule has 0 saturated carbocycles. The van der Waals surface area contributed by atoms with E-state index >= 15 is 0 Å². The highest BCUT2D eigenvalue weighted by molar-refractivity contribution is 6.01. The lowest BCUT2D eigenvalue weighted by molar-refractivity contribution is 0.826.